The fourth-order valence-corrected chi connectivity index (χ4v) is 3.24. The Balaban J connectivity index is 2.40. The summed E-state index contributed by atoms with van der Waals surface area (Å²) in [6, 6.07) is 6.24. The van der Waals surface area contributed by atoms with E-state index in [1.165, 1.54) is 11.1 Å². The Morgan fingerprint density at radius 3 is 2.88 bits per heavy atom. The second kappa shape index (κ2) is 4.45. The lowest BCUT2D eigenvalue weighted by atomic mass is 9.68. The monoisotopic (exact) mass is 296 g/mol. The van der Waals surface area contributed by atoms with Crippen molar-refractivity contribution in [2.45, 2.75) is 39.0 Å². The molecule has 0 saturated heterocycles. The Morgan fingerprint density at radius 2 is 2.24 bits per heavy atom. The molecule has 2 nitrogen and oxygen atoms in total. The van der Waals surface area contributed by atoms with E-state index in [9.17, 15) is 4.79 Å². The highest BCUT2D eigenvalue weighted by atomic mass is 79.9. The largest absolute Gasteiger partial charge is 0.481 e. The van der Waals surface area contributed by atoms with Gasteiger partial charge in [0.15, 0.2) is 0 Å². The molecule has 1 aromatic carbocycles. The van der Waals surface area contributed by atoms with Gasteiger partial charge in [-0.2, -0.15) is 0 Å². The van der Waals surface area contributed by atoms with E-state index in [0.717, 1.165) is 17.3 Å². The molecule has 17 heavy (non-hydrogen) atoms. The average molecular weight is 297 g/mol. The number of carboxylic acid groups (broad SMARTS) is 1. The van der Waals surface area contributed by atoms with Crippen LogP contribution in [0.25, 0.3) is 0 Å². The zero-order valence-electron chi connectivity index (χ0n) is 10.2. The van der Waals surface area contributed by atoms with Crippen LogP contribution in [0.1, 0.15) is 43.7 Å². The molecular formula is C14H17BrO2. The fraction of sp³-hybridized carbons (Fsp3) is 0.500. The lowest BCUT2D eigenvalue weighted by Crippen LogP contribution is -2.26. The van der Waals surface area contributed by atoms with E-state index in [4.69, 9.17) is 5.11 Å². The number of hydrogen-bond donors (Lipinski definition) is 1. The van der Waals surface area contributed by atoms with E-state index in [0.29, 0.717) is 0 Å². The standard InChI is InChI=1S/C14H17BrO2/c1-14(2)7-9-3-4-11(15)6-12(9)10(8-14)5-13(16)17/h3-4,6,10H,5,7-8H2,1-2H3,(H,16,17). The van der Waals surface area contributed by atoms with E-state index in [-0.39, 0.29) is 17.8 Å². The third-order valence-electron chi connectivity index (χ3n) is 3.44. The number of halogens is 1. The summed E-state index contributed by atoms with van der Waals surface area (Å²) < 4.78 is 1.03. The van der Waals surface area contributed by atoms with Crippen LogP contribution < -0.4 is 0 Å². The minimum Gasteiger partial charge on any atom is -0.481 e. The van der Waals surface area contributed by atoms with Gasteiger partial charge in [0.1, 0.15) is 0 Å². The molecule has 1 unspecified atom stereocenters. The molecular weight excluding hydrogens is 280 g/mol. The summed E-state index contributed by atoms with van der Waals surface area (Å²) in [5.74, 6) is -0.567. The van der Waals surface area contributed by atoms with Crippen LogP contribution >= 0.6 is 15.9 Å². The number of benzene rings is 1. The van der Waals surface area contributed by atoms with Gasteiger partial charge in [-0.15, -0.1) is 0 Å². The molecule has 0 bridgehead atoms. The van der Waals surface area contributed by atoms with Gasteiger partial charge in [0.25, 0.3) is 0 Å². The number of hydrogen-bond acceptors (Lipinski definition) is 1. The Hall–Kier alpha value is -0.830. The van der Waals surface area contributed by atoms with Gasteiger partial charge in [-0.25, -0.2) is 0 Å². The Labute approximate surface area is 110 Å². The highest BCUT2D eigenvalue weighted by molar-refractivity contribution is 9.10. The maximum atomic E-state index is 11.0. The smallest absolute Gasteiger partial charge is 0.303 e. The quantitative estimate of drug-likeness (QED) is 0.896. The predicted octanol–water partition coefficient (Wildman–Crippen LogP) is 3.98. The van der Waals surface area contributed by atoms with Gasteiger partial charge >= 0.3 is 5.97 Å². The molecule has 0 spiro atoms. The number of fused-ring (bicyclic) bond motifs is 1. The Morgan fingerprint density at radius 1 is 1.53 bits per heavy atom. The van der Waals surface area contributed by atoms with Crippen molar-refractivity contribution in [1.82, 2.24) is 0 Å². The highest BCUT2D eigenvalue weighted by Crippen LogP contribution is 2.44. The lowest BCUT2D eigenvalue weighted by Gasteiger charge is -2.36. The van der Waals surface area contributed by atoms with Crippen LogP contribution in [0.2, 0.25) is 0 Å². The molecule has 0 fully saturated rings. The molecule has 0 aliphatic heterocycles. The third-order valence-corrected chi connectivity index (χ3v) is 3.93. The first kappa shape index (κ1) is 12.6. The van der Waals surface area contributed by atoms with E-state index >= 15 is 0 Å². The summed E-state index contributed by atoms with van der Waals surface area (Å²) in [6.07, 6.45) is 2.21. The highest BCUT2D eigenvalue weighted by Gasteiger charge is 2.33. The average Bonchev–Trinajstić information content (AvgIpc) is 2.17. The number of carboxylic acids is 1. The van der Waals surface area contributed by atoms with Gasteiger partial charge in [-0.3, -0.25) is 4.79 Å². The van der Waals surface area contributed by atoms with Crippen LogP contribution in [0.4, 0.5) is 0 Å². The van der Waals surface area contributed by atoms with Gasteiger partial charge < -0.3 is 5.11 Å². The van der Waals surface area contributed by atoms with Gasteiger partial charge in [0, 0.05) is 4.47 Å². The van der Waals surface area contributed by atoms with Gasteiger partial charge in [0.2, 0.25) is 0 Å². The van der Waals surface area contributed by atoms with Crippen molar-refractivity contribution in [3.8, 4) is 0 Å². The molecule has 2 rings (SSSR count). The van der Waals surface area contributed by atoms with Crippen LogP contribution in [0, 0.1) is 5.41 Å². The molecule has 0 saturated carbocycles. The zero-order valence-corrected chi connectivity index (χ0v) is 11.8. The summed E-state index contributed by atoms with van der Waals surface area (Å²) in [5, 5.41) is 9.02. The molecule has 0 aromatic heterocycles. The van der Waals surface area contributed by atoms with E-state index in [2.05, 4.69) is 41.9 Å². The second-order valence-electron chi connectivity index (χ2n) is 5.68. The fourth-order valence-electron chi connectivity index (χ4n) is 2.86. The van der Waals surface area contributed by atoms with Crippen molar-refractivity contribution in [3.05, 3.63) is 33.8 Å². The topological polar surface area (TPSA) is 37.3 Å². The first-order chi connectivity index (χ1) is 7.87. The first-order valence-corrected chi connectivity index (χ1v) is 6.67. The first-order valence-electron chi connectivity index (χ1n) is 5.87. The molecule has 1 atom stereocenters. The SMILES string of the molecule is CC1(C)Cc2ccc(Br)cc2C(CC(=O)O)C1. The van der Waals surface area contributed by atoms with Crippen LogP contribution in [0.5, 0.6) is 0 Å². The molecule has 0 heterocycles. The van der Waals surface area contributed by atoms with E-state index in [1.807, 2.05) is 6.07 Å². The van der Waals surface area contributed by atoms with E-state index < -0.39 is 5.97 Å². The number of carbonyl (C=O) groups is 1. The molecule has 1 aliphatic rings. The summed E-state index contributed by atoms with van der Waals surface area (Å²) >= 11 is 3.47. The minimum atomic E-state index is -0.710. The normalized spacial score (nSPS) is 21.9. The summed E-state index contributed by atoms with van der Waals surface area (Å²) in [5.41, 5.74) is 2.71. The molecule has 0 amide bonds. The van der Waals surface area contributed by atoms with Crippen LogP contribution in [0.15, 0.2) is 22.7 Å². The maximum absolute atomic E-state index is 11.0. The number of aliphatic carboxylic acids is 1. The van der Waals surface area contributed by atoms with Crippen LogP contribution in [-0.2, 0) is 11.2 Å². The van der Waals surface area contributed by atoms with Crippen molar-refractivity contribution in [2.75, 3.05) is 0 Å². The summed E-state index contributed by atoms with van der Waals surface area (Å²) in [7, 11) is 0. The summed E-state index contributed by atoms with van der Waals surface area (Å²) in [4.78, 5) is 11.0. The molecule has 3 heteroatoms. The van der Waals surface area contributed by atoms with Crippen molar-refractivity contribution < 1.29 is 9.90 Å². The minimum absolute atomic E-state index is 0.142. The molecule has 92 valence electrons. The molecule has 1 aromatic rings. The third kappa shape index (κ3) is 2.89. The maximum Gasteiger partial charge on any atom is 0.303 e. The van der Waals surface area contributed by atoms with Gasteiger partial charge in [-0.05, 0) is 47.4 Å². The van der Waals surface area contributed by atoms with Crippen molar-refractivity contribution in [3.63, 3.8) is 0 Å². The molecule has 1 N–H and O–H groups in total. The van der Waals surface area contributed by atoms with Crippen molar-refractivity contribution in [2.24, 2.45) is 5.41 Å². The lowest BCUT2D eigenvalue weighted by molar-refractivity contribution is -0.137. The molecule has 1 aliphatic carbocycles. The Bertz CT molecular complexity index is 452. The number of rotatable bonds is 2. The van der Waals surface area contributed by atoms with Gasteiger partial charge in [-0.1, -0.05) is 35.8 Å². The van der Waals surface area contributed by atoms with Crippen LogP contribution in [0.3, 0.4) is 0 Å². The predicted molar refractivity (Wildman–Crippen MR) is 71.2 cm³/mol. The van der Waals surface area contributed by atoms with Crippen molar-refractivity contribution in [1.29, 1.82) is 0 Å². The molecule has 0 radical (unpaired) electrons. The van der Waals surface area contributed by atoms with E-state index in [1.54, 1.807) is 0 Å². The van der Waals surface area contributed by atoms with Gasteiger partial charge in [0.05, 0.1) is 6.42 Å². The van der Waals surface area contributed by atoms with Crippen molar-refractivity contribution >= 4 is 21.9 Å². The zero-order chi connectivity index (χ0) is 12.6. The summed E-state index contributed by atoms with van der Waals surface area (Å²) in [6.45, 7) is 4.43. The Kier molecular flexibility index (Phi) is 3.30. The second-order valence-corrected chi connectivity index (χ2v) is 6.60. The van der Waals surface area contributed by atoms with Crippen LogP contribution in [-0.4, -0.2) is 11.1 Å².